The quantitative estimate of drug-likeness (QED) is 0.744. The van der Waals surface area contributed by atoms with Crippen molar-refractivity contribution in [3.63, 3.8) is 0 Å². The van der Waals surface area contributed by atoms with Crippen molar-refractivity contribution in [3.05, 3.63) is 83.4 Å². The van der Waals surface area contributed by atoms with Gasteiger partial charge in [0.2, 0.25) is 0 Å². The van der Waals surface area contributed by atoms with Crippen LogP contribution in [0.2, 0.25) is 0 Å². The van der Waals surface area contributed by atoms with E-state index in [2.05, 4.69) is 10.3 Å². The Morgan fingerprint density at radius 2 is 2.00 bits per heavy atom. The lowest BCUT2D eigenvalue weighted by atomic mass is 10.0. The van der Waals surface area contributed by atoms with Crippen LogP contribution in [0, 0.1) is 0 Å². The van der Waals surface area contributed by atoms with Gasteiger partial charge in [0, 0.05) is 25.0 Å². The predicted molar refractivity (Wildman–Crippen MR) is 106 cm³/mol. The minimum absolute atomic E-state index is 0.182. The fourth-order valence-electron chi connectivity index (χ4n) is 3.22. The van der Waals surface area contributed by atoms with Crippen molar-refractivity contribution in [3.8, 4) is 11.5 Å². The van der Waals surface area contributed by atoms with Gasteiger partial charge in [-0.1, -0.05) is 30.3 Å². The Kier molecular flexibility index (Phi) is 4.85. The smallest absolute Gasteiger partial charge is 0.251 e. The van der Waals surface area contributed by atoms with Crippen molar-refractivity contribution < 1.29 is 14.3 Å². The molecule has 6 nitrogen and oxygen atoms in total. The number of rotatable bonds is 5. The van der Waals surface area contributed by atoms with Gasteiger partial charge in [-0.3, -0.25) is 4.79 Å². The molecule has 0 radical (unpaired) electrons. The summed E-state index contributed by atoms with van der Waals surface area (Å²) in [5.41, 5.74) is 2.39. The molecule has 2 heterocycles. The molecule has 1 atom stereocenters. The lowest BCUT2D eigenvalue weighted by Gasteiger charge is -2.22. The number of fused-ring (bicyclic) bond motifs is 1. The fraction of sp³-hybridized carbons (Fsp3) is 0.182. The standard InChI is InChI=1S/C22H21N3O3/c1-25-12-11-23-21(25)20(15-7-9-18(27-2)10-8-15)24-22(26)17-13-16-5-3-4-6-19(16)28-14-17/h3-13,20H,14H2,1-2H3,(H,24,26). The molecular formula is C22H21N3O3. The first-order chi connectivity index (χ1) is 13.7. The van der Waals surface area contributed by atoms with Crippen LogP contribution in [-0.4, -0.2) is 29.2 Å². The monoisotopic (exact) mass is 375 g/mol. The molecule has 1 unspecified atom stereocenters. The number of carbonyl (C=O) groups excluding carboxylic acids is 1. The van der Waals surface area contributed by atoms with Gasteiger partial charge in [-0.05, 0) is 29.8 Å². The average Bonchev–Trinajstić information content (AvgIpc) is 3.17. The molecule has 0 bridgehead atoms. The zero-order valence-electron chi connectivity index (χ0n) is 15.8. The van der Waals surface area contributed by atoms with Crippen LogP contribution < -0.4 is 14.8 Å². The summed E-state index contributed by atoms with van der Waals surface area (Å²) in [6.45, 7) is 0.235. The summed E-state index contributed by atoms with van der Waals surface area (Å²) in [5, 5.41) is 3.10. The number of para-hydroxylation sites is 1. The predicted octanol–water partition coefficient (Wildman–Crippen LogP) is 3.11. The van der Waals surface area contributed by atoms with E-state index in [-0.39, 0.29) is 12.5 Å². The highest BCUT2D eigenvalue weighted by Gasteiger charge is 2.24. The van der Waals surface area contributed by atoms with Gasteiger partial charge in [0.05, 0.1) is 12.7 Å². The van der Waals surface area contributed by atoms with Crippen LogP contribution in [-0.2, 0) is 11.8 Å². The van der Waals surface area contributed by atoms with Crippen molar-refractivity contribution in [2.24, 2.45) is 7.05 Å². The maximum absolute atomic E-state index is 13.0. The van der Waals surface area contributed by atoms with E-state index in [4.69, 9.17) is 9.47 Å². The lowest BCUT2D eigenvalue weighted by molar-refractivity contribution is -0.118. The van der Waals surface area contributed by atoms with Gasteiger partial charge in [-0.2, -0.15) is 0 Å². The Morgan fingerprint density at radius 1 is 1.21 bits per heavy atom. The number of aryl methyl sites for hydroxylation is 1. The maximum Gasteiger partial charge on any atom is 0.251 e. The largest absolute Gasteiger partial charge is 0.497 e. The topological polar surface area (TPSA) is 65.4 Å². The van der Waals surface area contributed by atoms with Gasteiger partial charge in [0.25, 0.3) is 5.91 Å². The highest BCUT2D eigenvalue weighted by atomic mass is 16.5. The van der Waals surface area contributed by atoms with E-state index in [1.54, 1.807) is 13.3 Å². The van der Waals surface area contributed by atoms with Gasteiger partial charge in [0.1, 0.15) is 30.0 Å². The van der Waals surface area contributed by atoms with Crippen LogP contribution in [0.15, 0.2) is 66.5 Å². The molecule has 1 N–H and O–H groups in total. The van der Waals surface area contributed by atoms with Gasteiger partial charge in [0.15, 0.2) is 0 Å². The number of hydrogen-bond donors (Lipinski definition) is 1. The normalized spacial score (nSPS) is 13.7. The Hall–Kier alpha value is -3.54. The van der Waals surface area contributed by atoms with Crippen LogP contribution in [0.4, 0.5) is 0 Å². The third-order valence-electron chi connectivity index (χ3n) is 4.76. The molecule has 0 fully saturated rings. The Balaban J connectivity index is 1.63. The van der Waals surface area contributed by atoms with Crippen LogP contribution in [0.5, 0.6) is 11.5 Å². The summed E-state index contributed by atoms with van der Waals surface area (Å²) in [4.78, 5) is 17.4. The molecule has 4 rings (SSSR count). The summed E-state index contributed by atoms with van der Waals surface area (Å²) in [6, 6.07) is 14.9. The Morgan fingerprint density at radius 3 is 2.71 bits per heavy atom. The Bertz CT molecular complexity index is 1020. The third-order valence-corrected chi connectivity index (χ3v) is 4.76. The van der Waals surface area contributed by atoms with E-state index in [1.165, 1.54) is 0 Å². The molecule has 1 amide bonds. The highest BCUT2D eigenvalue weighted by Crippen LogP contribution is 2.27. The first-order valence-corrected chi connectivity index (χ1v) is 9.00. The number of nitrogens with one attached hydrogen (secondary N) is 1. The molecule has 0 aliphatic carbocycles. The van der Waals surface area contributed by atoms with Gasteiger partial charge in [-0.15, -0.1) is 0 Å². The van der Waals surface area contributed by atoms with E-state index in [1.807, 2.05) is 72.4 Å². The second kappa shape index (κ2) is 7.60. The van der Waals surface area contributed by atoms with Gasteiger partial charge >= 0.3 is 0 Å². The van der Waals surface area contributed by atoms with Gasteiger partial charge < -0.3 is 19.4 Å². The fourth-order valence-corrected chi connectivity index (χ4v) is 3.22. The summed E-state index contributed by atoms with van der Waals surface area (Å²) in [7, 11) is 3.53. The van der Waals surface area contributed by atoms with Crippen molar-refractivity contribution in [2.45, 2.75) is 6.04 Å². The van der Waals surface area contributed by atoms with Crippen LogP contribution in [0.3, 0.4) is 0 Å². The lowest BCUT2D eigenvalue weighted by Crippen LogP contribution is -2.34. The molecule has 0 saturated heterocycles. The van der Waals surface area contributed by atoms with Crippen LogP contribution in [0.1, 0.15) is 23.0 Å². The number of amides is 1. The first-order valence-electron chi connectivity index (χ1n) is 9.00. The molecule has 6 heteroatoms. The molecule has 0 spiro atoms. The molecule has 142 valence electrons. The van der Waals surface area contributed by atoms with Crippen molar-refractivity contribution in [2.75, 3.05) is 13.7 Å². The average molecular weight is 375 g/mol. The number of methoxy groups -OCH3 is 1. The second-order valence-electron chi connectivity index (χ2n) is 6.57. The minimum atomic E-state index is -0.392. The molecule has 1 aliphatic rings. The van der Waals surface area contributed by atoms with E-state index < -0.39 is 6.04 Å². The maximum atomic E-state index is 13.0. The summed E-state index contributed by atoms with van der Waals surface area (Å²) in [6.07, 6.45) is 5.45. The number of carbonyl (C=O) groups is 1. The van der Waals surface area contributed by atoms with E-state index in [0.29, 0.717) is 5.57 Å². The van der Waals surface area contributed by atoms with Gasteiger partial charge in [-0.25, -0.2) is 4.98 Å². The number of aromatic nitrogens is 2. The number of hydrogen-bond acceptors (Lipinski definition) is 4. The number of nitrogens with zero attached hydrogens (tertiary/aromatic N) is 2. The van der Waals surface area contributed by atoms with Crippen LogP contribution >= 0.6 is 0 Å². The van der Waals surface area contributed by atoms with E-state index in [9.17, 15) is 4.79 Å². The molecule has 3 aromatic rings. The zero-order valence-corrected chi connectivity index (χ0v) is 15.8. The number of ether oxygens (including phenoxy) is 2. The highest BCUT2D eigenvalue weighted by molar-refractivity contribution is 5.99. The first kappa shape index (κ1) is 17.9. The zero-order chi connectivity index (χ0) is 19.5. The summed E-state index contributed by atoms with van der Waals surface area (Å²) in [5.74, 6) is 2.11. The minimum Gasteiger partial charge on any atom is -0.497 e. The Labute approximate surface area is 163 Å². The van der Waals surface area contributed by atoms with E-state index >= 15 is 0 Å². The molecule has 0 saturated carbocycles. The van der Waals surface area contributed by atoms with Crippen LogP contribution in [0.25, 0.3) is 6.08 Å². The SMILES string of the molecule is COc1ccc(C(NC(=O)C2=Cc3ccccc3OC2)c2nccn2C)cc1. The van der Waals surface area contributed by atoms with Crippen molar-refractivity contribution >= 4 is 12.0 Å². The summed E-state index contributed by atoms with van der Waals surface area (Å²) >= 11 is 0. The number of benzene rings is 2. The molecule has 1 aliphatic heterocycles. The molecule has 28 heavy (non-hydrogen) atoms. The van der Waals surface area contributed by atoms with Crippen molar-refractivity contribution in [1.82, 2.24) is 14.9 Å². The van der Waals surface area contributed by atoms with E-state index in [0.717, 1.165) is 28.5 Å². The third kappa shape index (κ3) is 3.49. The molecule has 2 aromatic carbocycles. The second-order valence-corrected chi connectivity index (χ2v) is 6.57. The summed E-state index contributed by atoms with van der Waals surface area (Å²) < 4.78 is 12.9. The molecule has 1 aromatic heterocycles. The number of imidazole rings is 1. The van der Waals surface area contributed by atoms with Crippen molar-refractivity contribution in [1.29, 1.82) is 0 Å². The molecular weight excluding hydrogens is 354 g/mol.